The summed E-state index contributed by atoms with van der Waals surface area (Å²) in [5.74, 6) is -1.34. The van der Waals surface area contributed by atoms with E-state index in [1.807, 2.05) is 43.3 Å². The minimum atomic E-state index is -0.918. The van der Waals surface area contributed by atoms with Crippen molar-refractivity contribution in [3.05, 3.63) is 82.2 Å². The SMILES string of the molecule is CC[C@@H](COC(=O)C(C)NC(=O)C(N)CCCN)OC(=O)CNC(=O)C(N)CCCN.Cc1ccc(-c2c(C#N)c(N)nc(SCc3coc(-c4ccc(Cl)cc4)n3)c2C#N)cc1. The number of benzene rings is 2. The number of nitrogens with one attached hydrogen (secondary N) is 2. The first kappa shape index (κ1) is 51.3. The summed E-state index contributed by atoms with van der Waals surface area (Å²) < 4.78 is 15.9. The number of esters is 2. The molecule has 2 aromatic carbocycles. The zero-order chi connectivity index (χ0) is 46.5. The van der Waals surface area contributed by atoms with E-state index < -0.39 is 48.0 Å². The minimum Gasteiger partial charge on any atom is -0.460 e. The number of rotatable bonds is 21. The molecule has 18 nitrogen and oxygen atoms in total. The van der Waals surface area contributed by atoms with Crippen LogP contribution in [0.3, 0.4) is 0 Å². The van der Waals surface area contributed by atoms with Crippen LogP contribution in [0.25, 0.3) is 22.6 Å². The molecule has 3 unspecified atom stereocenters. The third-order valence-electron chi connectivity index (χ3n) is 9.15. The molecule has 0 radical (unpaired) electrons. The molecule has 0 bridgehead atoms. The number of pyridine rings is 1. The third kappa shape index (κ3) is 16.3. The minimum absolute atomic E-state index is 0.0894. The lowest BCUT2D eigenvalue weighted by Gasteiger charge is -2.20. The van der Waals surface area contributed by atoms with Gasteiger partial charge in [0.25, 0.3) is 0 Å². The number of carbonyl (C=O) groups is 4. The van der Waals surface area contributed by atoms with E-state index in [2.05, 4.69) is 32.7 Å². The van der Waals surface area contributed by atoms with Crippen LogP contribution >= 0.6 is 23.4 Å². The Morgan fingerprint density at radius 3 is 2.10 bits per heavy atom. The smallest absolute Gasteiger partial charge is 0.328 e. The van der Waals surface area contributed by atoms with E-state index in [1.54, 1.807) is 25.3 Å². The molecule has 0 fully saturated rings. The van der Waals surface area contributed by atoms with Crippen LogP contribution in [-0.4, -0.2) is 84.2 Å². The molecule has 2 aromatic heterocycles. The van der Waals surface area contributed by atoms with Gasteiger partial charge in [0.1, 0.15) is 60.1 Å². The van der Waals surface area contributed by atoms with Crippen molar-refractivity contribution in [1.29, 1.82) is 10.5 Å². The number of aromatic nitrogens is 2. The van der Waals surface area contributed by atoms with Gasteiger partial charge in [-0.15, -0.1) is 0 Å². The Bertz CT molecular complexity index is 2230. The lowest BCUT2D eigenvalue weighted by atomic mass is 9.96. The van der Waals surface area contributed by atoms with Gasteiger partial charge < -0.3 is 53.2 Å². The van der Waals surface area contributed by atoms with Crippen LogP contribution in [-0.2, 0) is 34.4 Å². The van der Waals surface area contributed by atoms with Crippen LogP contribution in [0.5, 0.6) is 0 Å². The molecule has 20 heteroatoms. The molecule has 2 amide bonds. The van der Waals surface area contributed by atoms with Crippen molar-refractivity contribution in [2.45, 2.75) is 87.9 Å². The molecule has 12 N–H and O–H groups in total. The van der Waals surface area contributed by atoms with Crippen molar-refractivity contribution in [1.82, 2.24) is 20.6 Å². The molecular weight excluding hydrogens is 850 g/mol. The highest BCUT2D eigenvalue weighted by molar-refractivity contribution is 7.98. The Kier molecular flexibility index (Phi) is 21.5. The first-order chi connectivity index (χ1) is 30.1. The molecule has 4 atom stereocenters. The summed E-state index contributed by atoms with van der Waals surface area (Å²) in [6, 6.07) is 16.7. The van der Waals surface area contributed by atoms with Gasteiger partial charge in [-0.1, -0.05) is 60.1 Å². The first-order valence-electron chi connectivity index (χ1n) is 20.0. The highest BCUT2D eigenvalue weighted by Gasteiger charge is 2.24. The fraction of sp³-hybridized carbons (Fsp3) is 0.395. The Labute approximate surface area is 375 Å². The molecule has 0 aliphatic heterocycles. The fourth-order valence-corrected chi connectivity index (χ4v) is 6.52. The maximum absolute atomic E-state index is 12.1. The van der Waals surface area contributed by atoms with Crippen molar-refractivity contribution in [3.63, 3.8) is 0 Å². The zero-order valence-corrected chi connectivity index (χ0v) is 37.0. The summed E-state index contributed by atoms with van der Waals surface area (Å²) in [4.78, 5) is 56.6. The Morgan fingerprint density at radius 2 is 1.51 bits per heavy atom. The number of amides is 2. The van der Waals surface area contributed by atoms with Gasteiger partial charge in [-0.05, 0) is 88.9 Å². The lowest BCUT2D eigenvalue weighted by molar-refractivity contribution is -0.160. The summed E-state index contributed by atoms with van der Waals surface area (Å²) in [7, 11) is 0. The maximum atomic E-state index is 12.1. The fourth-order valence-electron chi connectivity index (χ4n) is 5.52. The van der Waals surface area contributed by atoms with Crippen LogP contribution < -0.4 is 39.3 Å². The van der Waals surface area contributed by atoms with Gasteiger partial charge >= 0.3 is 11.9 Å². The number of anilines is 1. The number of oxazole rings is 1. The summed E-state index contributed by atoms with van der Waals surface area (Å²) in [5.41, 5.74) is 32.5. The quantitative estimate of drug-likeness (QED) is 0.0464. The highest BCUT2D eigenvalue weighted by atomic mass is 35.5. The van der Waals surface area contributed by atoms with Gasteiger partial charge in [0.15, 0.2) is 0 Å². The monoisotopic (exact) mass is 903 g/mol. The number of nitriles is 2. The van der Waals surface area contributed by atoms with Crippen molar-refractivity contribution >= 4 is 52.9 Å². The molecular formula is C43H54ClN11O7S. The van der Waals surface area contributed by atoms with E-state index in [0.29, 0.717) is 83.7 Å². The van der Waals surface area contributed by atoms with Crippen LogP contribution in [0.1, 0.15) is 68.3 Å². The second-order valence-corrected chi connectivity index (χ2v) is 15.5. The number of ether oxygens (including phenoxy) is 2. The van der Waals surface area contributed by atoms with E-state index in [-0.39, 0.29) is 24.5 Å². The first-order valence-corrected chi connectivity index (χ1v) is 21.4. The molecule has 336 valence electrons. The van der Waals surface area contributed by atoms with E-state index in [0.717, 1.165) is 16.7 Å². The Hall–Kier alpha value is -6.06. The number of halogens is 1. The molecule has 2 heterocycles. The van der Waals surface area contributed by atoms with Gasteiger partial charge in [-0.2, -0.15) is 10.5 Å². The molecule has 4 rings (SSSR count). The predicted octanol–water partition coefficient (Wildman–Crippen LogP) is 3.59. The summed E-state index contributed by atoms with van der Waals surface area (Å²) in [6.45, 7) is 5.47. The average molecular weight is 904 g/mol. The maximum Gasteiger partial charge on any atom is 0.328 e. The van der Waals surface area contributed by atoms with Crippen LogP contribution in [0.4, 0.5) is 5.82 Å². The zero-order valence-electron chi connectivity index (χ0n) is 35.4. The number of nitrogens with two attached hydrogens (primary N) is 5. The van der Waals surface area contributed by atoms with Gasteiger partial charge in [0.2, 0.25) is 17.7 Å². The van der Waals surface area contributed by atoms with Crippen molar-refractivity contribution in [3.8, 4) is 34.7 Å². The molecule has 0 saturated carbocycles. The molecule has 4 aromatic rings. The number of hydrogen-bond acceptors (Lipinski definition) is 17. The number of aryl methyl sites for hydroxylation is 1. The van der Waals surface area contributed by atoms with Gasteiger partial charge in [-0.3, -0.25) is 14.4 Å². The number of nitrogens with zero attached hydrogens (tertiary/aromatic N) is 4. The van der Waals surface area contributed by atoms with Crippen LogP contribution in [0.15, 0.2) is 64.2 Å². The number of carbonyl (C=O) groups excluding carboxylic acids is 4. The summed E-state index contributed by atoms with van der Waals surface area (Å²) >= 11 is 7.25. The Balaban J connectivity index is 0.000000336. The molecule has 0 saturated heterocycles. The summed E-state index contributed by atoms with van der Waals surface area (Å²) in [6.07, 6.45) is 3.26. The number of thioether (sulfide) groups is 1. The lowest BCUT2D eigenvalue weighted by Crippen LogP contribution is -2.48. The Morgan fingerprint density at radius 1 is 0.905 bits per heavy atom. The van der Waals surface area contributed by atoms with Gasteiger partial charge in [0.05, 0.1) is 23.3 Å². The van der Waals surface area contributed by atoms with E-state index in [1.165, 1.54) is 18.7 Å². The molecule has 0 aliphatic rings. The van der Waals surface area contributed by atoms with E-state index in [9.17, 15) is 29.7 Å². The molecule has 0 aliphatic carbocycles. The number of hydrogen-bond donors (Lipinski definition) is 7. The normalized spacial score (nSPS) is 12.5. The van der Waals surface area contributed by atoms with Gasteiger partial charge in [0, 0.05) is 21.9 Å². The van der Waals surface area contributed by atoms with Crippen LogP contribution in [0, 0.1) is 29.6 Å². The average Bonchev–Trinajstić information content (AvgIpc) is 3.76. The number of nitrogen functional groups attached to an aromatic ring is 1. The van der Waals surface area contributed by atoms with Crippen LogP contribution in [0.2, 0.25) is 5.02 Å². The predicted molar refractivity (Wildman–Crippen MR) is 239 cm³/mol. The molecule has 0 spiro atoms. The second-order valence-electron chi connectivity index (χ2n) is 14.1. The van der Waals surface area contributed by atoms with E-state index in [4.69, 9.17) is 54.2 Å². The van der Waals surface area contributed by atoms with Crippen molar-refractivity contribution in [2.75, 3.05) is 32.0 Å². The largest absolute Gasteiger partial charge is 0.460 e. The third-order valence-corrected chi connectivity index (χ3v) is 10.4. The second kappa shape index (κ2) is 26.4. The van der Waals surface area contributed by atoms with Crippen molar-refractivity contribution < 1.29 is 33.1 Å². The van der Waals surface area contributed by atoms with Gasteiger partial charge in [-0.25, -0.2) is 14.8 Å². The molecule has 63 heavy (non-hydrogen) atoms. The standard InChI is InChI=1S/C24H16ClN5OS.C19H38N6O6/c1-14-2-4-15(5-3-14)21-19(10-26)22(28)30-24(20(21)11-27)32-13-18-12-31-23(29-18)16-6-8-17(25)9-7-16;1-3-13(31-16(26)10-24-17(27)14(22)6-4-8-20)11-30-19(29)12(2)25-18(28)15(23)7-5-9-21/h2-9,12H,13H2,1H3,(H2,28,30);12-15H,3-11,20-23H2,1-2H3,(H,24,27)(H,25,28)/t;12?,13-,14?,15?/m.0/s1. The topological polar surface area (TPSA) is 327 Å². The summed E-state index contributed by atoms with van der Waals surface area (Å²) in [5, 5.41) is 25.5. The van der Waals surface area contributed by atoms with E-state index >= 15 is 0 Å². The highest BCUT2D eigenvalue weighted by Crippen LogP contribution is 2.37. The van der Waals surface area contributed by atoms with Crippen molar-refractivity contribution in [2.24, 2.45) is 22.9 Å².